The van der Waals surface area contributed by atoms with Gasteiger partial charge in [0.1, 0.15) is 6.61 Å². The van der Waals surface area contributed by atoms with E-state index in [2.05, 4.69) is 17.2 Å². The molecule has 4 nitrogen and oxygen atoms in total. The van der Waals surface area contributed by atoms with Crippen molar-refractivity contribution in [1.29, 1.82) is 0 Å². The number of carbonyl (C=O) groups excluding carboxylic acids is 1. The lowest BCUT2D eigenvalue weighted by Crippen LogP contribution is -2.33. The number of ether oxygens (including phenoxy) is 1. The third-order valence-electron chi connectivity index (χ3n) is 3.12. The zero-order valence-corrected chi connectivity index (χ0v) is 11.6. The first-order chi connectivity index (χ1) is 9.20. The lowest BCUT2D eigenvalue weighted by molar-refractivity contribution is -0.126. The molecule has 5 heteroatoms. The molecule has 1 aliphatic heterocycles. The maximum absolute atomic E-state index is 12.0. The quantitative estimate of drug-likeness (QED) is 0.816. The SMILES string of the molecule is CC1OCCC1C(=O)NCc1cc(C#CCO)cs1. The average molecular weight is 279 g/mol. The Kier molecular flexibility index (Phi) is 4.97. The first-order valence-electron chi connectivity index (χ1n) is 6.27. The monoisotopic (exact) mass is 279 g/mol. The van der Waals surface area contributed by atoms with Crippen LogP contribution in [0.3, 0.4) is 0 Å². The molecule has 0 aliphatic carbocycles. The summed E-state index contributed by atoms with van der Waals surface area (Å²) in [5, 5.41) is 13.5. The summed E-state index contributed by atoms with van der Waals surface area (Å²) < 4.78 is 5.39. The molecule has 1 amide bonds. The lowest BCUT2D eigenvalue weighted by atomic mass is 10.0. The standard InChI is InChI=1S/C14H17NO3S/c1-10-13(4-6-18-10)14(17)15-8-12-7-11(9-19-12)3-2-5-16/h7,9-10,13,16H,4-6,8H2,1H3,(H,15,17). The Morgan fingerprint density at radius 1 is 1.68 bits per heavy atom. The van der Waals surface area contributed by atoms with E-state index in [4.69, 9.17) is 9.84 Å². The molecule has 1 aromatic heterocycles. The van der Waals surface area contributed by atoms with Crippen LogP contribution in [0.25, 0.3) is 0 Å². The molecule has 1 saturated heterocycles. The number of thiophene rings is 1. The Hall–Kier alpha value is -1.35. The van der Waals surface area contributed by atoms with E-state index in [0.29, 0.717) is 13.2 Å². The molecule has 0 spiro atoms. The molecule has 1 aromatic rings. The van der Waals surface area contributed by atoms with Gasteiger partial charge in [-0.2, -0.15) is 0 Å². The Morgan fingerprint density at radius 2 is 2.53 bits per heavy atom. The molecule has 2 heterocycles. The largest absolute Gasteiger partial charge is 0.384 e. The predicted molar refractivity (Wildman–Crippen MR) is 73.7 cm³/mol. The fourth-order valence-electron chi connectivity index (χ4n) is 2.06. The topological polar surface area (TPSA) is 58.6 Å². The van der Waals surface area contributed by atoms with E-state index in [0.717, 1.165) is 16.9 Å². The summed E-state index contributed by atoms with van der Waals surface area (Å²) in [6.45, 7) is 2.99. The molecule has 0 bridgehead atoms. The number of nitrogens with one attached hydrogen (secondary N) is 1. The van der Waals surface area contributed by atoms with E-state index in [1.54, 1.807) is 11.3 Å². The highest BCUT2D eigenvalue weighted by atomic mass is 32.1. The van der Waals surface area contributed by atoms with Gasteiger partial charge in [-0.05, 0) is 19.4 Å². The van der Waals surface area contributed by atoms with Gasteiger partial charge in [-0.3, -0.25) is 4.79 Å². The normalized spacial score (nSPS) is 21.8. The summed E-state index contributed by atoms with van der Waals surface area (Å²) in [6.07, 6.45) is 0.805. The number of carbonyl (C=O) groups is 1. The Bertz CT molecular complexity index is 500. The van der Waals surface area contributed by atoms with E-state index >= 15 is 0 Å². The summed E-state index contributed by atoms with van der Waals surface area (Å²) in [6, 6.07) is 1.93. The van der Waals surface area contributed by atoms with Crippen LogP contribution in [0.1, 0.15) is 23.8 Å². The van der Waals surface area contributed by atoms with Crippen LogP contribution in [-0.2, 0) is 16.1 Å². The van der Waals surface area contributed by atoms with Gasteiger partial charge < -0.3 is 15.2 Å². The summed E-state index contributed by atoms with van der Waals surface area (Å²) in [4.78, 5) is 13.0. The minimum Gasteiger partial charge on any atom is -0.384 e. The average Bonchev–Trinajstić information content (AvgIpc) is 3.02. The number of aliphatic hydroxyl groups is 1. The van der Waals surface area contributed by atoms with Crippen molar-refractivity contribution in [3.8, 4) is 11.8 Å². The highest BCUT2D eigenvalue weighted by molar-refractivity contribution is 7.10. The number of hydrogen-bond acceptors (Lipinski definition) is 4. The van der Waals surface area contributed by atoms with E-state index < -0.39 is 0 Å². The van der Waals surface area contributed by atoms with Crippen LogP contribution in [0.5, 0.6) is 0 Å². The van der Waals surface area contributed by atoms with Crippen molar-refractivity contribution in [3.63, 3.8) is 0 Å². The molecular weight excluding hydrogens is 262 g/mol. The van der Waals surface area contributed by atoms with Gasteiger partial charge in [-0.1, -0.05) is 11.8 Å². The Labute approximate surface area is 116 Å². The molecule has 1 aliphatic rings. The van der Waals surface area contributed by atoms with E-state index in [1.807, 2.05) is 18.4 Å². The van der Waals surface area contributed by atoms with Crippen molar-refractivity contribution in [3.05, 3.63) is 21.9 Å². The molecule has 2 atom stereocenters. The molecule has 102 valence electrons. The van der Waals surface area contributed by atoms with Gasteiger partial charge >= 0.3 is 0 Å². The van der Waals surface area contributed by atoms with Crippen LogP contribution in [0.15, 0.2) is 11.4 Å². The van der Waals surface area contributed by atoms with E-state index in [1.165, 1.54) is 0 Å². The minimum absolute atomic E-state index is 0.00863. The van der Waals surface area contributed by atoms with Crippen molar-refractivity contribution in [2.45, 2.75) is 26.0 Å². The highest BCUT2D eigenvalue weighted by Crippen LogP contribution is 2.21. The highest BCUT2D eigenvalue weighted by Gasteiger charge is 2.30. The molecule has 2 unspecified atom stereocenters. The number of hydrogen-bond donors (Lipinski definition) is 2. The summed E-state index contributed by atoms with van der Waals surface area (Å²) in [7, 11) is 0. The first kappa shape index (κ1) is 14.1. The fourth-order valence-corrected chi connectivity index (χ4v) is 2.82. The van der Waals surface area contributed by atoms with Crippen molar-refractivity contribution in [2.75, 3.05) is 13.2 Å². The summed E-state index contributed by atoms with van der Waals surface area (Å²) in [5.74, 6) is 5.47. The molecule has 0 aromatic carbocycles. The van der Waals surface area contributed by atoms with Crippen molar-refractivity contribution in [1.82, 2.24) is 5.32 Å². The second-order valence-electron chi connectivity index (χ2n) is 4.45. The third-order valence-corrected chi connectivity index (χ3v) is 4.05. The minimum atomic E-state index is -0.137. The van der Waals surface area contributed by atoms with Gasteiger partial charge in [-0.15, -0.1) is 11.3 Å². The molecule has 2 N–H and O–H groups in total. The molecule has 19 heavy (non-hydrogen) atoms. The molecular formula is C14H17NO3S. The van der Waals surface area contributed by atoms with Crippen LogP contribution < -0.4 is 5.32 Å². The van der Waals surface area contributed by atoms with E-state index in [9.17, 15) is 4.79 Å². The molecule has 0 radical (unpaired) electrons. The summed E-state index contributed by atoms with van der Waals surface area (Å²) in [5.41, 5.74) is 0.876. The van der Waals surface area contributed by atoms with Gasteiger partial charge in [-0.25, -0.2) is 0 Å². The van der Waals surface area contributed by atoms with Gasteiger partial charge in [0.05, 0.1) is 18.6 Å². The number of amides is 1. The van der Waals surface area contributed by atoms with Crippen LogP contribution in [0, 0.1) is 17.8 Å². The maximum atomic E-state index is 12.0. The number of aliphatic hydroxyl groups excluding tert-OH is 1. The van der Waals surface area contributed by atoms with Crippen molar-refractivity contribution in [2.24, 2.45) is 5.92 Å². The van der Waals surface area contributed by atoms with Gasteiger partial charge in [0.25, 0.3) is 0 Å². The maximum Gasteiger partial charge on any atom is 0.226 e. The molecule has 0 saturated carbocycles. The van der Waals surface area contributed by atoms with Gasteiger partial charge in [0.15, 0.2) is 0 Å². The zero-order valence-electron chi connectivity index (χ0n) is 10.8. The Balaban J connectivity index is 1.85. The molecule has 1 fully saturated rings. The van der Waals surface area contributed by atoms with E-state index in [-0.39, 0.29) is 24.5 Å². The zero-order chi connectivity index (χ0) is 13.7. The first-order valence-corrected chi connectivity index (χ1v) is 7.15. The third kappa shape index (κ3) is 3.80. The molecule has 2 rings (SSSR count). The number of rotatable bonds is 3. The van der Waals surface area contributed by atoms with Gasteiger partial charge in [0, 0.05) is 22.4 Å². The predicted octanol–water partition coefficient (Wildman–Crippen LogP) is 1.13. The second kappa shape index (κ2) is 6.71. The van der Waals surface area contributed by atoms with Crippen molar-refractivity contribution < 1.29 is 14.6 Å². The summed E-state index contributed by atoms with van der Waals surface area (Å²) >= 11 is 1.56. The van der Waals surface area contributed by atoms with Crippen LogP contribution >= 0.6 is 11.3 Å². The second-order valence-corrected chi connectivity index (χ2v) is 5.45. The van der Waals surface area contributed by atoms with Crippen molar-refractivity contribution >= 4 is 17.2 Å². The Morgan fingerprint density at radius 3 is 3.21 bits per heavy atom. The van der Waals surface area contributed by atoms with Gasteiger partial charge in [0.2, 0.25) is 5.91 Å². The fraction of sp³-hybridized carbons (Fsp3) is 0.500. The smallest absolute Gasteiger partial charge is 0.226 e. The lowest BCUT2D eigenvalue weighted by Gasteiger charge is -2.13. The van der Waals surface area contributed by atoms with Crippen LogP contribution in [0.4, 0.5) is 0 Å². The van der Waals surface area contributed by atoms with Crippen LogP contribution in [0.2, 0.25) is 0 Å². The van der Waals surface area contributed by atoms with Crippen LogP contribution in [-0.4, -0.2) is 30.3 Å².